The zero-order valence-corrected chi connectivity index (χ0v) is 9.65. The Balaban J connectivity index is 1.88. The van der Waals surface area contributed by atoms with E-state index in [0.717, 1.165) is 25.3 Å². The zero-order chi connectivity index (χ0) is 11.4. The Morgan fingerprint density at radius 2 is 2.31 bits per heavy atom. The van der Waals surface area contributed by atoms with Gasteiger partial charge in [0.05, 0.1) is 6.61 Å². The molecule has 1 heterocycles. The molecule has 1 aliphatic rings. The molecule has 0 saturated carbocycles. The molecule has 0 amide bonds. The average Bonchev–Trinajstić information content (AvgIpc) is 2.70. The second-order valence-electron chi connectivity index (χ2n) is 4.37. The Labute approximate surface area is 96.4 Å². The first-order valence-electron chi connectivity index (χ1n) is 5.87. The third kappa shape index (κ3) is 2.54. The van der Waals surface area contributed by atoms with E-state index in [1.165, 1.54) is 5.56 Å². The van der Waals surface area contributed by atoms with Crippen LogP contribution in [0.2, 0.25) is 0 Å². The normalized spacial score (nSPS) is 20.2. The SMILES string of the molecule is CC(CCO)NCC1COc2ccccc21. The molecule has 0 fully saturated rings. The van der Waals surface area contributed by atoms with Crippen LogP contribution >= 0.6 is 0 Å². The maximum absolute atomic E-state index is 8.82. The van der Waals surface area contributed by atoms with E-state index in [9.17, 15) is 0 Å². The summed E-state index contributed by atoms with van der Waals surface area (Å²) in [5, 5.41) is 12.2. The molecule has 2 N–H and O–H groups in total. The number of hydrogen-bond donors (Lipinski definition) is 2. The highest BCUT2D eigenvalue weighted by molar-refractivity contribution is 5.39. The van der Waals surface area contributed by atoms with Crippen LogP contribution in [-0.4, -0.2) is 30.9 Å². The van der Waals surface area contributed by atoms with Crippen molar-refractivity contribution in [1.29, 1.82) is 0 Å². The fraction of sp³-hybridized carbons (Fsp3) is 0.538. The highest BCUT2D eigenvalue weighted by atomic mass is 16.5. The Bertz CT molecular complexity index is 340. The fourth-order valence-corrected chi connectivity index (χ4v) is 2.04. The molecule has 88 valence electrons. The molecule has 2 rings (SSSR count). The molecule has 0 spiro atoms. The topological polar surface area (TPSA) is 41.5 Å². The Hall–Kier alpha value is -1.06. The summed E-state index contributed by atoms with van der Waals surface area (Å²) in [6.07, 6.45) is 0.801. The number of fused-ring (bicyclic) bond motifs is 1. The summed E-state index contributed by atoms with van der Waals surface area (Å²) < 4.78 is 5.61. The van der Waals surface area contributed by atoms with Crippen LogP contribution in [0.3, 0.4) is 0 Å². The lowest BCUT2D eigenvalue weighted by molar-refractivity contribution is 0.265. The summed E-state index contributed by atoms with van der Waals surface area (Å²) in [6, 6.07) is 8.57. The molecule has 2 unspecified atom stereocenters. The Kier molecular flexibility index (Phi) is 3.80. The van der Waals surface area contributed by atoms with Crippen molar-refractivity contribution in [3.8, 4) is 5.75 Å². The van der Waals surface area contributed by atoms with E-state index >= 15 is 0 Å². The lowest BCUT2D eigenvalue weighted by Crippen LogP contribution is -2.31. The maximum Gasteiger partial charge on any atom is 0.122 e. The van der Waals surface area contributed by atoms with Crippen LogP contribution in [0.1, 0.15) is 24.8 Å². The van der Waals surface area contributed by atoms with Crippen molar-refractivity contribution in [2.75, 3.05) is 19.8 Å². The van der Waals surface area contributed by atoms with Crippen LogP contribution in [-0.2, 0) is 0 Å². The molecule has 0 aliphatic carbocycles. The monoisotopic (exact) mass is 221 g/mol. The van der Waals surface area contributed by atoms with Gasteiger partial charge in [-0.15, -0.1) is 0 Å². The quantitative estimate of drug-likeness (QED) is 0.792. The van der Waals surface area contributed by atoms with Crippen molar-refractivity contribution in [2.45, 2.75) is 25.3 Å². The summed E-state index contributed by atoms with van der Waals surface area (Å²) >= 11 is 0. The van der Waals surface area contributed by atoms with Crippen molar-refractivity contribution >= 4 is 0 Å². The van der Waals surface area contributed by atoms with Gasteiger partial charge in [-0.25, -0.2) is 0 Å². The molecule has 1 aromatic carbocycles. The number of rotatable bonds is 5. The van der Waals surface area contributed by atoms with Gasteiger partial charge < -0.3 is 15.2 Å². The molecule has 0 saturated heterocycles. The molecule has 1 aromatic rings. The van der Waals surface area contributed by atoms with Crippen molar-refractivity contribution in [1.82, 2.24) is 5.32 Å². The number of hydrogen-bond acceptors (Lipinski definition) is 3. The highest BCUT2D eigenvalue weighted by Gasteiger charge is 2.23. The molecule has 3 nitrogen and oxygen atoms in total. The van der Waals surface area contributed by atoms with Gasteiger partial charge in [0, 0.05) is 30.7 Å². The summed E-state index contributed by atoms with van der Waals surface area (Å²) in [4.78, 5) is 0. The van der Waals surface area contributed by atoms with Crippen LogP contribution in [0.4, 0.5) is 0 Å². The standard InChI is InChI=1S/C13H19NO2/c1-10(6-7-15)14-8-11-9-16-13-5-3-2-4-12(11)13/h2-5,10-11,14-15H,6-9H2,1H3. The molecule has 0 aromatic heterocycles. The van der Waals surface area contributed by atoms with Gasteiger partial charge >= 0.3 is 0 Å². The van der Waals surface area contributed by atoms with E-state index in [4.69, 9.17) is 9.84 Å². The van der Waals surface area contributed by atoms with Crippen molar-refractivity contribution in [3.05, 3.63) is 29.8 Å². The van der Waals surface area contributed by atoms with Gasteiger partial charge in [0.2, 0.25) is 0 Å². The maximum atomic E-state index is 8.82. The lowest BCUT2D eigenvalue weighted by atomic mass is 10.0. The van der Waals surface area contributed by atoms with E-state index in [0.29, 0.717) is 12.0 Å². The Morgan fingerprint density at radius 3 is 3.12 bits per heavy atom. The minimum atomic E-state index is 0.242. The number of benzene rings is 1. The van der Waals surface area contributed by atoms with E-state index in [-0.39, 0.29) is 6.61 Å². The van der Waals surface area contributed by atoms with Crippen molar-refractivity contribution in [3.63, 3.8) is 0 Å². The van der Waals surface area contributed by atoms with E-state index in [2.05, 4.69) is 24.4 Å². The molecular weight excluding hydrogens is 202 g/mol. The fourth-order valence-electron chi connectivity index (χ4n) is 2.04. The Morgan fingerprint density at radius 1 is 1.50 bits per heavy atom. The second kappa shape index (κ2) is 5.32. The predicted molar refractivity (Wildman–Crippen MR) is 63.8 cm³/mol. The molecule has 0 bridgehead atoms. The number of ether oxygens (including phenoxy) is 1. The van der Waals surface area contributed by atoms with Gasteiger partial charge in [0.15, 0.2) is 0 Å². The average molecular weight is 221 g/mol. The predicted octanol–water partition coefficient (Wildman–Crippen LogP) is 1.52. The zero-order valence-electron chi connectivity index (χ0n) is 9.65. The molecule has 0 radical (unpaired) electrons. The van der Waals surface area contributed by atoms with Crippen LogP contribution in [0, 0.1) is 0 Å². The molecule has 16 heavy (non-hydrogen) atoms. The van der Waals surface area contributed by atoms with Crippen LogP contribution in [0.25, 0.3) is 0 Å². The first kappa shape index (κ1) is 11.4. The van der Waals surface area contributed by atoms with Crippen LogP contribution in [0.15, 0.2) is 24.3 Å². The molecule has 2 atom stereocenters. The summed E-state index contributed by atoms with van der Waals surface area (Å²) in [5.74, 6) is 1.46. The van der Waals surface area contributed by atoms with Gasteiger partial charge in [-0.2, -0.15) is 0 Å². The molecule has 3 heteroatoms. The van der Waals surface area contributed by atoms with Gasteiger partial charge in [0.1, 0.15) is 5.75 Å². The van der Waals surface area contributed by atoms with Gasteiger partial charge in [0.25, 0.3) is 0 Å². The van der Waals surface area contributed by atoms with Crippen molar-refractivity contribution in [2.24, 2.45) is 0 Å². The summed E-state index contributed by atoms with van der Waals surface area (Å²) in [5.41, 5.74) is 1.30. The van der Waals surface area contributed by atoms with E-state index in [1.54, 1.807) is 0 Å². The number of para-hydroxylation sites is 1. The summed E-state index contributed by atoms with van der Waals surface area (Å²) in [6.45, 7) is 4.01. The number of aliphatic hydroxyl groups excluding tert-OH is 1. The van der Waals surface area contributed by atoms with Crippen LogP contribution < -0.4 is 10.1 Å². The second-order valence-corrected chi connectivity index (χ2v) is 4.37. The number of aliphatic hydroxyl groups is 1. The van der Waals surface area contributed by atoms with Crippen molar-refractivity contribution < 1.29 is 9.84 Å². The van der Waals surface area contributed by atoms with Gasteiger partial charge in [-0.1, -0.05) is 18.2 Å². The smallest absolute Gasteiger partial charge is 0.122 e. The third-order valence-electron chi connectivity index (χ3n) is 3.07. The largest absolute Gasteiger partial charge is 0.493 e. The van der Waals surface area contributed by atoms with Crippen LogP contribution in [0.5, 0.6) is 5.75 Å². The number of nitrogens with one attached hydrogen (secondary N) is 1. The van der Waals surface area contributed by atoms with Gasteiger partial charge in [-0.3, -0.25) is 0 Å². The van der Waals surface area contributed by atoms with Gasteiger partial charge in [-0.05, 0) is 19.4 Å². The first-order valence-corrected chi connectivity index (χ1v) is 5.87. The lowest BCUT2D eigenvalue weighted by Gasteiger charge is -2.15. The van der Waals surface area contributed by atoms with E-state index in [1.807, 2.05) is 12.1 Å². The minimum absolute atomic E-state index is 0.242. The molecular formula is C13H19NO2. The highest BCUT2D eigenvalue weighted by Crippen LogP contribution is 2.32. The summed E-state index contributed by atoms with van der Waals surface area (Å²) in [7, 11) is 0. The third-order valence-corrected chi connectivity index (χ3v) is 3.07. The van der Waals surface area contributed by atoms with E-state index < -0.39 is 0 Å². The molecule has 1 aliphatic heterocycles. The minimum Gasteiger partial charge on any atom is -0.493 e. The first-order chi connectivity index (χ1) is 7.81.